The molecule has 2 rings (SSSR count). The molecule has 0 unspecified atom stereocenters. The van der Waals surface area contributed by atoms with Crippen molar-refractivity contribution in [3.05, 3.63) is 22.7 Å². The Hall–Kier alpha value is -1.58. The van der Waals surface area contributed by atoms with Crippen molar-refractivity contribution in [3.8, 4) is 0 Å². The first-order chi connectivity index (χ1) is 5.61. The van der Waals surface area contributed by atoms with Crippen LogP contribution in [0.1, 0.15) is 13.8 Å². The number of ether oxygens (including phenoxy) is 2. The van der Waals surface area contributed by atoms with E-state index in [4.69, 9.17) is 9.47 Å². The molecule has 0 spiro atoms. The van der Waals surface area contributed by atoms with Crippen LogP contribution in [0, 0.1) is 0 Å². The highest BCUT2D eigenvalue weighted by atomic mass is 16.6. The lowest BCUT2D eigenvalue weighted by Gasteiger charge is -1.92. The molecule has 2 aliphatic heterocycles. The second-order valence-electron chi connectivity index (χ2n) is 2.69. The van der Waals surface area contributed by atoms with Crippen molar-refractivity contribution in [3.63, 3.8) is 0 Å². The molecule has 0 aromatic rings. The number of rotatable bonds is 0. The van der Waals surface area contributed by atoms with E-state index in [2.05, 4.69) is 0 Å². The highest BCUT2D eigenvalue weighted by Gasteiger charge is 2.38. The number of hydrogen-bond acceptors (Lipinski definition) is 4. The van der Waals surface area contributed by atoms with Gasteiger partial charge in [-0.25, -0.2) is 9.59 Å². The second kappa shape index (κ2) is 1.97. The maximum Gasteiger partial charge on any atom is 0.343 e. The van der Waals surface area contributed by atoms with Crippen LogP contribution < -0.4 is 0 Å². The van der Waals surface area contributed by atoms with Gasteiger partial charge in [-0.3, -0.25) is 0 Å². The summed E-state index contributed by atoms with van der Waals surface area (Å²) in [6.07, 6.45) is 0. The highest BCUT2D eigenvalue weighted by Crippen LogP contribution is 2.34. The molecule has 62 valence electrons. The average Bonchev–Trinajstić information content (AvgIpc) is 2.43. The number of carbonyl (C=O) groups excluding carboxylic acids is 2. The zero-order valence-electron chi connectivity index (χ0n) is 6.63. The second-order valence-corrected chi connectivity index (χ2v) is 2.69. The summed E-state index contributed by atoms with van der Waals surface area (Å²) in [5, 5.41) is 0. The van der Waals surface area contributed by atoms with E-state index in [0.717, 1.165) is 0 Å². The summed E-state index contributed by atoms with van der Waals surface area (Å²) >= 11 is 0. The number of esters is 2. The van der Waals surface area contributed by atoms with Crippen molar-refractivity contribution in [2.24, 2.45) is 0 Å². The van der Waals surface area contributed by atoms with Gasteiger partial charge in [0.15, 0.2) is 11.5 Å². The number of hydrogen-bond donors (Lipinski definition) is 0. The van der Waals surface area contributed by atoms with E-state index in [0.29, 0.717) is 11.1 Å². The van der Waals surface area contributed by atoms with Crippen LogP contribution in [0.3, 0.4) is 0 Å². The minimum Gasteiger partial charge on any atom is -0.418 e. The lowest BCUT2D eigenvalue weighted by molar-refractivity contribution is -0.133. The molecule has 12 heavy (non-hydrogen) atoms. The van der Waals surface area contributed by atoms with Crippen LogP contribution in [0.4, 0.5) is 0 Å². The molecule has 0 aliphatic carbocycles. The van der Waals surface area contributed by atoms with Crippen molar-refractivity contribution in [2.45, 2.75) is 13.8 Å². The van der Waals surface area contributed by atoms with E-state index in [1.165, 1.54) is 0 Å². The first-order valence-electron chi connectivity index (χ1n) is 3.47. The molecule has 0 saturated heterocycles. The molecule has 0 atom stereocenters. The number of fused-ring (bicyclic) bond motifs is 1. The van der Waals surface area contributed by atoms with Crippen molar-refractivity contribution >= 4 is 11.9 Å². The molecule has 0 fully saturated rings. The normalized spacial score (nSPS) is 21.5. The third-order valence-corrected chi connectivity index (χ3v) is 1.89. The fraction of sp³-hybridized carbons (Fsp3) is 0.250. The average molecular weight is 166 g/mol. The Morgan fingerprint density at radius 2 is 1.17 bits per heavy atom. The Kier molecular flexibility index (Phi) is 1.16. The van der Waals surface area contributed by atoms with Gasteiger partial charge < -0.3 is 9.47 Å². The summed E-state index contributed by atoms with van der Waals surface area (Å²) in [6.45, 7) is 3.13. The predicted octanol–water partition coefficient (Wildman–Crippen LogP) is 0.648. The molecule has 0 aromatic carbocycles. The van der Waals surface area contributed by atoms with Crippen LogP contribution in [0.15, 0.2) is 22.7 Å². The Balaban J connectivity index is 2.59. The lowest BCUT2D eigenvalue weighted by Crippen LogP contribution is -2.01. The van der Waals surface area contributed by atoms with E-state index in [1.54, 1.807) is 13.8 Å². The van der Waals surface area contributed by atoms with Crippen molar-refractivity contribution < 1.29 is 19.1 Å². The van der Waals surface area contributed by atoms with Gasteiger partial charge in [-0.15, -0.1) is 0 Å². The molecule has 0 amide bonds. The summed E-state index contributed by atoms with van der Waals surface area (Å²) in [5.41, 5.74) is 0.713. The fourth-order valence-corrected chi connectivity index (χ4v) is 1.11. The molecular formula is C8H6O4. The van der Waals surface area contributed by atoms with Crippen LogP contribution in [0.5, 0.6) is 0 Å². The van der Waals surface area contributed by atoms with Crippen molar-refractivity contribution in [1.29, 1.82) is 0 Å². The Morgan fingerprint density at radius 3 is 1.50 bits per heavy atom. The Bertz CT molecular complexity index is 323. The van der Waals surface area contributed by atoms with Gasteiger partial charge in [0.05, 0.1) is 11.1 Å². The van der Waals surface area contributed by atoms with Gasteiger partial charge in [0, 0.05) is 0 Å². The van der Waals surface area contributed by atoms with Crippen LogP contribution in [-0.4, -0.2) is 11.9 Å². The molecule has 0 aromatic heterocycles. The largest absolute Gasteiger partial charge is 0.418 e. The molecule has 0 bridgehead atoms. The maximum atomic E-state index is 10.9. The molecule has 0 saturated carbocycles. The maximum absolute atomic E-state index is 10.9. The molecule has 0 radical (unpaired) electrons. The summed E-state index contributed by atoms with van der Waals surface area (Å²) in [7, 11) is 0. The topological polar surface area (TPSA) is 52.6 Å². The van der Waals surface area contributed by atoms with Gasteiger partial charge in [0.1, 0.15) is 0 Å². The minimum atomic E-state index is -0.438. The number of carbonyl (C=O) groups is 2. The van der Waals surface area contributed by atoms with Crippen LogP contribution in [0.25, 0.3) is 0 Å². The highest BCUT2D eigenvalue weighted by molar-refractivity contribution is 6.01. The standard InChI is InChI=1S/C8H6O4/c1-3-5-6(12-7(3)9)4(2)8(10)11-5/h1-2H3. The monoisotopic (exact) mass is 166 g/mol. The fourth-order valence-electron chi connectivity index (χ4n) is 1.11. The Labute approximate surface area is 68.5 Å². The van der Waals surface area contributed by atoms with E-state index < -0.39 is 11.9 Å². The summed E-state index contributed by atoms with van der Waals surface area (Å²) in [6, 6.07) is 0. The molecule has 4 heteroatoms. The van der Waals surface area contributed by atoms with Gasteiger partial charge in [-0.2, -0.15) is 0 Å². The van der Waals surface area contributed by atoms with Gasteiger partial charge in [-0.1, -0.05) is 0 Å². The molecule has 2 heterocycles. The zero-order chi connectivity index (χ0) is 8.88. The van der Waals surface area contributed by atoms with Crippen LogP contribution >= 0.6 is 0 Å². The van der Waals surface area contributed by atoms with E-state index in [9.17, 15) is 9.59 Å². The summed E-state index contributed by atoms with van der Waals surface area (Å²) < 4.78 is 9.60. The first kappa shape index (κ1) is 7.09. The third kappa shape index (κ3) is 0.664. The third-order valence-electron chi connectivity index (χ3n) is 1.89. The van der Waals surface area contributed by atoms with Gasteiger partial charge in [-0.05, 0) is 13.8 Å². The van der Waals surface area contributed by atoms with Gasteiger partial charge in [0.25, 0.3) is 0 Å². The summed E-state index contributed by atoms with van der Waals surface area (Å²) in [5.74, 6) is -0.316. The van der Waals surface area contributed by atoms with Crippen molar-refractivity contribution in [2.75, 3.05) is 0 Å². The van der Waals surface area contributed by atoms with Crippen LogP contribution in [-0.2, 0) is 19.1 Å². The van der Waals surface area contributed by atoms with Gasteiger partial charge in [0.2, 0.25) is 0 Å². The predicted molar refractivity (Wildman–Crippen MR) is 37.6 cm³/mol. The molecule has 0 N–H and O–H groups in total. The SMILES string of the molecule is CC1=C2OC(=O)C(C)=C2OC1=O. The zero-order valence-corrected chi connectivity index (χ0v) is 6.63. The smallest absolute Gasteiger partial charge is 0.343 e. The van der Waals surface area contributed by atoms with Crippen LogP contribution in [0.2, 0.25) is 0 Å². The summed E-state index contributed by atoms with van der Waals surface area (Å²) in [4.78, 5) is 21.9. The Morgan fingerprint density at radius 1 is 0.833 bits per heavy atom. The molecule has 2 aliphatic rings. The lowest BCUT2D eigenvalue weighted by atomic mass is 10.2. The van der Waals surface area contributed by atoms with E-state index in [1.807, 2.05) is 0 Å². The molecular weight excluding hydrogens is 160 g/mol. The molecule has 4 nitrogen and oxygen atoms in total. The quantitative estimate of drug-likeness (QED) is 0.496. The van der Waals surface area contributed by atoms with E-state index >= 15 is 0 Å². The first-order valence-corrected chi connectivity index (χ1v) is 3.47. The van der Waals surface area contributed by atoms with Crippen molar-refractivity contribution in [1.82, 2.24) is 0 Å². The van der Waals surface area contributed by atoms with Gasteiger partial charge >= 0.3 is 11.9 Å². The van der Waals surface area contributed by atoms with E-state index in [-0.39, 0.29) is 11.5 Å². The minimum absolute atomic E-state index is 0.280.